The summed E-state index contributed by atoms with van der Waals surface area (Å²) in [5.74, 6) is 0.740. The van der Waals surface area contributed by atoms with Crippen molar-refractivity contribution < 1.29 is 14.3 Å². The maximum atomic E-state index is 12.4. The van der Waals surface area contributed by atoms with Crippen molar-refractivity contribution in [1.29, 1.82) is 0 Å². The van der Waals surface area contributed by atoms with Crippen molar-refractivity contribution in [3.05, 3.63) is 47.5 Å². The van der Waals surface area contributed by atoms with Crippen LogP contribution in [0, 0.1) is 5.92 Å². The van der Waals surface area contributed by atoms with Crippen molar-refractivity contribution in [2.75, 3.05) is 13.2 Å². The van der Waals surface area contributed by atoms with Crippen LogP contribution in [0.25, 0.3) is 0 Å². The second kappa shape index (κ2) is 11.6. The number of carbonyl (C=O) groups excluding carboxylic acids is 2. The summed E-state index contributed by atoms with van der Waals surface area (Å²) in [7, 11) is 0. The number of carbonyl (C=O) groups is 2. The van der Waals surface area contributed by atoms with Gasteiger partial charge in [-0.1, -0.05) is 56.5 Å². The molecule has 0 aromatic heterocycles. The molecule has 4 heteroatoms. The summed E-state index contributed by atoms with van der Waals surface area (Å²) in [6.07, 6.45) is 12.5. The first-order chi connectivity index (χ1) is 12.7. The molecule has 26 heavy (non-hydrogen) atoms. The van der Waals surface area contributed by atoms with Crippen LogP contribution in [0.5, 0.6) is 0 Å². The number of rotatable bonds is 12. The highest BCUT2D eigenvalue weighted by atomic mass is 16.5. The quantitative estimate of drug-likeness (QED) is 0.348. The van der Waals surface area contributed by atoms with Crippen LogP contribution in [-0.2, 0) is 16.0 Å². The summed E-state index contributed by atoms with van der Waals surface area (Å²) in [5, 5.41) is 2.80. The van der Waals surface area contributed by atoms with Crippen molar-refractivity contribution in [3.63, 3.8) is 0 Å². The normalized spacial score (nSPS) is 15.6. The van der Waals surface area contributed by atoms with E-state index in [1.807, 2.05) is 37.3 Å². The van der Waals surface area contributed by atoms with Gasteiger partial charge in [0, 0.05) is 12.2 Å². The van der Waals surface area contributed by atoms with Crippen molar-refractivity contribution in [2.24, 2.45) is 5.92 Å². The molecule has 0 heterocycles. The molecule has 142 valence electrons. The van der Waals surface area contributed by atoms with Gasteiger partial charge in [-0.15, -0.1) is 0 Å². The predicted octanol–water partition coefficient (Wildman–Crippen LogP) is 4.09. The molecule has 1 amide bonds. The first-order valence-electron chi connectivity index (χ1n) is 9.81. The zero-order valence-electron chi connectivity index (χ0n) is 15.8. The lowest BCUT2D eigenvalue weighted by molar-refractivity contribution is -0.109. The molecule has 1 N–H and O–H groups in total. The monoisotopic (exact) mass is 357 g/mol. The minimum atomic E-state index is -0.512. The lowest BCUT2D eigenvalue weighted by atomic mass is 9.82. The number of aldehydes is 1. The van der Waals surface area contributed by atoms with E-state index in [1.165, 1.54) is 25.7 Å². The van der Waals surface area contributed by atoms with E-state index in [0.29, 0.717) is 18.6 Å². The highest BCUT2D eigenvalue weighted by Gasteiger charge is 2.16. The van der Waals surface area contributed by atoms with Gasteiger partial charge in [-0.05, 0) is 43.2 Å². The topological polar surface area (TPSA) is 55.4 Å². The lowest BCUT2D eigenvalue weighted by Crippen LogP contribution is -2.36. The molecule has 1 fully saturated rings. The zero-order valence-corrected chi connectivity index (χ0v) is 15.8. The van der Waals surface area contributed by atoms with E-state index in [1.54, 1.807) is 6.07 Å². The minimum Gasteiger partial charge on any atom is -0.377 e. The van der Waals surface area contributed by atoms with E-state index in [9.17, 15) is 9.59 Å². The van der Waals surface area contributed by atoms with Gasteiger partial charge in [-0.2, -0.15) is 0 Å². The Morgan fingerprint density at radius 1 is 1.31 bits per heavy atom. The molecule has 0 saturated heterocycles. The Morgan fingerprint density at radius 3 is 2.81 bits per heavy atom. The molecule has 1 aromatic carbocycles. The summed E-state index contributed by atoms with van der Waals surface area (Å²) in [4.78, 5) is 23.6. The van der Waals surface area contributed by atoms with Gasteiger partial charge >= 0.3 is 0 Å². The standard InChI is InChI=1S/C22H31NO3/c1-2-19-12-3-4-14-21(19)22(25)23-20(17-24)13-5-6-15-26-16-8-11-18-9-7-10-18/h3-6,12,14,17-18,20H,2,7-11,13,15-16H2,1H3,(H,23,25)/b6-5-. The summed E-state index contributed by atoms with van der Waals surface area (Å²) >= 11 is 0. The molecule has 1 aliphatic carbocycles. The van der Waals surface area contributed by atoms with E-state index in [0.717, 1.165) is 37.2 Å². The molecule has 1 unspecified atom stereocenters. The third-order valence-electron chi connectivity index (χ3n) is 5.02. The summed E-state index contributed by atoms with van der Waals surface area (Å²) < 4.78 is 5.59. The largest absolute Gasteiger partial charge is 0.377 e. The number of ether oxygens (including phenoxy) is 1. The predicted molar refractivity (Wildman–Crippen MR) is 104 cm³/mol. The Labute approximate surface area is 157 Å². The molecule has 1 saturated carbocycles. The molecule has 0 bridgehead atoms. The minimum absolute atomic E-state index is 0.194. The summed E-state index contributed by atoms with van der Waals surface area (Å²) in [5.41, 5.74) is 1.63. The van der Waals surface area contributed by atoms with Crippen LogP contribution in [0.4, 0.5) is 0 Å². The van der Waals surface area contributed by atoms with Crippen LogP contribution in [-0.4, -0.2) is 31.4 Å². The van der Waals surface area contributed by atoms with E-state index in [2.05, 4.69) is 5.32 Å². The van der Waals surface area contributed by atoms with E-state index < -0.39 is 6.04 Å². The fraction of sp³-hybridized carbons (Fsp3) is 0.545. The molecule has 0 radical (unpaired) electrons. The fourth-order valence-corrected chi connectivity index (χ4v) is 3.16. The fourth-order valence-electron chi connectivity index (χ4n) is 3.16. The second-order valence-corrected chi connectivity index (χ2v) is 6.95. The van der Waals surface area contributed by atoms with Crippen LogP contribution in [0.2, 0.25) is 0 Å². The Hall–Kier alpha value is -1.94. The summed E-state index contributed by atoms with van der Waals surface area (Å²) in [6.45, 7) is 3.36. The van der Waals surface area contributed by atoms with E-state index in [4.69, 9.17) is 4.74 Å². The van der Waals surface area contributed by atoms with Crippen LogP contribution < -0.4 is 5.32 Å². The van der Waals surface area contributed by atoms with E-state index in [-0.39, 0.29) is 5.91 Å². The molecule has 0 spiro atoms. The number of benzene rings is 1. The smallest absolute Gasteiger partial charge is 0.252 e. The maximum absolute atomic E-state index is 12.4. The van der Waals surface area contributed by atoms with Crippen molar-refractivity contribution >= 4 is 12.2 Å². The molecular weight excluding hydrogens is 326 g/mol. The average Bonchev–Trinajstić information content (AvgIpc) is 2.63. The lowest BCUT2D eigenvalue weighted by Gasteiger charge is -2.24. The number of nitrogens with one attached hydrogen (secondary N) is 1. The van der Waals surface area contributed by atoms with Crippen molar-refractivity contribution in [2.45, 2.75) is 57.9 Å². The van der Waals surface area contributed by atoms with Gasteiger partial charge in [0.25, 0.3) is 5.91 Å². The van der Waals surface area contributed by atoms with E-state index >= 15 is 0 Å². The number of amides is 1. The molecular formula is C22H31NO3. The van der Waals surface area contributed by atoms with Crippen molar-refractivity contribution in [3.8, 4) is 0 Å². The van der Waals surface area contributed by atoms with Crippen LogP contribution in [0.15, 0.2) is 36.4 Å². The molecule has 0 aliphatic heterocycles. The molecule has 4 nitrogen and oxygen atoms in total. The van der Waals surface area contributed by atoms with Crippen molar-refractivity contribution in [1.82, 2.24) is 5.32 Å². The van der Waals surface area contributed by atoms with Gasteiger partial charge in [0.05, 0.1) is 12.6 Å². The highest BCUT2D eigenvalue weighted by Crippen LogP contribution is 2.30. The third kappa shape index (κ3) is 6.75. The first kappa shape index (κ1) is 20.4. The molecule has 1 aliphatic rings. The van der Waals surface area contributed by atoms with Crippen LogP contribution in [0.1, 0.15) is 61.4 Å². The number of aryl methyl sites for hydroxylation is 1. The first-order valence-corrected chi connectivity index (χ1v) is 9.81. The van der Waals surface area contributed by atoms with Crippen LogP contribution >= 0.6 is 0 Å². The van der Waals surface area contributed by atoms with Gasteiger partial charge in [-0.3, -0.25) is 4.79 Å². The molecule has 1 atom stereocenters. The maximum Gasteiger partial charge on any atom is 0.252 e. The highest BCUT2D eigenvalue weighted by molar-refractivity contribution is 5.97. The number of hydrogen-bond donors (Lipinski definition) is 1. The molecule has 1 aromatic rings. The second-order valence-electron chi connectivity index (χ2n) is 6.95. The van der Waals surface area contributed by atoms with Gasteiger partial charge in [0.2, 0.25) is 0 Å². The van der Waals surface area contributed by atoms with Gasteiger partial charge in [0.1, 0.15) is 6.29 Å². The number of hydrogen-bond acceptors (Lipinski definition) is 3. The third-order valence-corrected chi connectivity index (χ3v) is 5.02. The summed E-state index contributed by atoms with van der Waals surface area (Å²) in [6, 6.07) is 6.98. The Balaban J connectivity index is 1.64. The SMILES string of the molecule is CCc1ccccc1C(=O)NC(C=O)C/C=C\COCCCC1CCC1. The average molecular weight is 357 g/mol. The van der Waals surface area contributed by atoms with Crippen LogP contribution in [0.3, 0.4) is 0 Å². The Bertz CT molecular complexity index is 593. The van der Waals surface area contributed by atoms with Gasteiger partial charge in [0.15, 0.2) is 0 Å². The van der Waals surface area contributed by atoms with Gasteiger partial charge in [-0.25, -0.2) is 0 Å². The Kier molecular flexibility index (Phi) is 9.11. The zero-order chi connectivity index (χ0) is 18.6. The van der Waals surface area contributed by atoms with Gasteiger partial charge < -0.3 is 14.8 Å². The molecule has 2 rings (SSSR count). The Morgan fingerprint density at radius 2 is 2.12 bits per heavy atom.